The second-order valence-corrected chi connectivity index (χ2v) is 6.84. The first kappa shape index (κ1) is 26.8. The summed E-state index contributed by atoms with van der Waals surface area (Å²) < 4.78 is 0. The highest BCUT2D eigenvalue weighted by Gasteiger charge is 2.15. The summed E-state index contributed by atoms with van der Waals surface area (Å²) in [5.41, 5.74) is 2.46. The lowest BCUT2D eigenvalue weighted by molar-refractivity contribution is -0.116. The third-order valence-corrected chi connectivity index (χ3v) is 4.97. The largest absolute Gasteiger partial charge is 0.301 e. The Kier molecular flexibility index (Phi) is 16.0. The van der Waals surface area contributed by atoms with Crippen LogP contribution in [0.1, 0.15) is 59.6 Å². The van der Waals surface area contributed by atoms with Crippen LogP contribution in [0, 0.1) is 0 Å². The average molecular weight is 392 g/mol. The van der Waals surface area contributed by atoms with E-state index in [4.69, 9.17) is 0 Å². The van der Waals surface area contributed by atoms with Gasteiger partial charge in [-0.1, -0.05) is 65.8 Å². The molecule has 1 saturated heterocycles. The van der Waals surface area contributed by atoms with E-state index in [1.165, 1.54) is 18.7 Å². The lowest BCUT2D eigenvalue weighted by Gasteiger charge is -2.25. The van der Waals surface area contributed by atoms with Crippen LogP contribution in [0.3, 0.4) is 0 Å². The van der Waals surface area contributed by atoms with Crippen LogP contribution in [-0.2, 0) is 17.8 Å². The number of carbonyl (C=O) groups is 1. The Labute approximate surface area is 174 Å². The van der Waals surface area contributed by atoms with Gasteiger partial charge >= 0.3 is 0 Å². The van der Waals surface area contributed by atoms with Crippen molar-refractivity contribution < 1.29 is 4.79 Å². The molecule has 1 aliphatic heterocycles. The molecule has 4 heteroatoms. The number of Topliss-reactive ketones (excluding diaryl/α,β-unsaturated/α-hetero) is 1. The van der Waals surface area contributed by atoms with Gasteiger partial charge in [-0.3, -0.25) is 9.69 Å². The summed E-state index contributed by atoms with van der Waals surface area (Å²) >= 11 is 0. The summed E-state index contributed by atoms with van der Waals surface area (Å²) in [5.74, 6) is 0.224. The number of benzene rings is 1. The zero-order valence-electron chi connectivity index (χ0n) is 19.6. The highest BCUT2D eigenvalue weighted by Crippen LogP contribution is 2.10. The summed E-state index contributed by atoms with van der Waals surface area (Å²) in [7, 11) is 0. The van der Waals surface area contributed by atoms with Gasteiger partial charge in [-0.25, -0.2) is 0 Å². The first-order chi connectivity index (χ1) is 13.6. The van der Waals surface area contributed by atoms with Crippen molar-refractivity contribution in [2.75, 3.05) is 52.4 Å². The first-order valence-corrected chi connectivity index (χ1v) is 11.3. The summed E-state index contributed by atoms with van der Waals surface area (Å²) in [5, 5.41) is 0. The maximum absolute atomic E-state index is 11.2. The fourth-order valence-corrected chi connectivity index (χ4v) is 3.28. The van der Waals surface area contributed by atoms with E-state index in [0.717, 1.165) is 51.4 Å². The summed E-state index contributed by atoms with van der Waals surface area (Å²) in [6, 6.07) is 8.56. The van der Waals surface area contributed by atoms with E-state index in [1.54, 1.807) is 6.92 Å². The molecule has 1 aromatic rings. The molecule has 162 valence electrons. The summed E-state index contributed by atoms with van der Waals surface area (Å²) in [4.78, 5) is 18.9. The topological polar surface area (TPSA) is 26.8 Å². The predicted octanol–water partition coefficient (Wildman–Crippen LogP) is 4.33. The van der Waals surface area contributed by atoms with E-state index in [-0.39, 0.29) is 5.78 Å². The van der Waals surface area contributed by atoms with Crippen molar-refractivity contribution >= 4 is 5.78 Å². The third-order valence-electron chi connectivity index (χ3n) is 4.97. The first-order valence-electron chi connectivity index (χ1n) is 11.3. The number of carbonyl (C=O) groups excluding carboxylic acids is 1. The van der Waals surface area contributed by atoms with E-state index in [1.807, 2.05) is 27.7 Å². The minimum Gasteiger partial charge on any atom is -0.301 e. The SMILES string of the molecule is CC.CC.CCN1CCN(CC)CCN(Cc2ccc(CC(C)=O)cc2)CC1. The van der Waals surface area contributed by atoms with Crippen molar-refractivity contribution in [3.05, 3.63) is 35.4 Å². The lowest BCUT2D eigenvalue weighted by Crippen LogP contribution is -2.35. The van der Waals surface area contributed by atoms with Gasteiger partial charge in [0, 0.05) is 52.2 Å². The van der Waals surface area contributed by atoms with Crippen molar-refractivity contribution in [3.63, 3.8) is 0 Å². The van der Waals surface area contributed by atoms with Crippen LogP contribution in [0.4, 0.5) is 0 Å². The average Bonchev–Trinajstić information content (AvgIpc) is 2.82. The molecule has 0 spiro atoms. The summed E-state index contributed by atoms with van der Waals surface area (Å²) in [6.07, 6.45) is 0.543. The molecule has 0 radical (unpaired) electrons. The van der Waals surface area contributed by atoms with Crippen molar-refractivity contribution in [2.24, 2.45) is 0 Å². The molecule has 1 fully saturated rings. The smallest absolute Gasteiger partial charge is 0.134 e. The quantitative estimate of drug-likeness (QED) is 0.721. The molecule has 2 rings (SSSR count). The van der Waals surface area contributed by atoms with E-state index in [2.05, 4.69) is 52.8 Å². The molecule has 1 heterocycles. The summed E-state index contributed by atoms with van der Waals surface area (Å²) in [6.45, 7) is 24.3. The van der Waals surface area contributed by atoms with Crippen molar-refractivity contribution in [1.29, 1.82) is 0 Å². The van der Waals surface area contributed by atoms with Gasteiger partial charge < -0.3 is 9.80 Å². The minimum atomic E-state index is 0.224. The number of hydrogen-bond donors (Lipinski definition) is 0. The normalized spacial score (nSPS) is 16.5. The minimum absolute atomic E-state index is 0.224. The number of rotatable bonds is 6. The Morgan fingerprint density at radius 2 is 1.07 bits per heavy atom. The fourth-order valence-electron chi connectivity index (χ4n) is 3.28. The van der Waals surface area contributed by atoms with E-state index < -0.39 is 0 Å². The van der Waals surface area contributed by atoms with Gasteiger partial charge in [-0.15, -0.1) is 0 Å². The molecule has 0 amide bonds. The van der Waals surface area contributed by atoms with Crippen molar-refractivity contribution in [1.82, 2.24) is 14.7 Å². The molecule has 0 bridgehead atoms. The van der Waals surface area contributed by atoms with Gasteiger partial charge in [0.05, 0.1) is 0 Å². The van der Waals surface area contributed by atoms with Gasteiger partial charge in [-0.05, 0) is 31.1 Å². The molecular formula is C24H45N3O. The molecule has 0 unspecified atom stereocenters. The van der Waals surface area contributed by atoms with Crippen LogP contribution in [-0.4, -0.2) is 72.8 Å². The standard InChI is InChI=1S/C20H33N3O.2C2H6/c1-4-21-10-11-22(5-2)13-15-23(14-12-21)17-20-8-6-19(7-9-20)16-18(3)24;2*1-2/h6-9H,4-5,10-17H2,1-3H3;2*1-2H3. The zero-order chi connectivity index (χ0) is 21.4. The van der Waals surface area contributed by atoms with Crippen LogP contribution >= 0.6 is 0 Å². The zero-order valence-corrected chi connectivity index (χ0v) is 19.6. The molecule has 0 saturated carbocycles. The molecule has 1 aromatic carbocycles. The lowest BCUT2D eigenvalue weighted by atomic mass is 10.1. The maximum atomic E-state index is 11.2. The Morgan fingerprint density at radius 1 is 0.714 bits per heavy atom. The van der Waals surface area contributed by atoms with Gasteiger partial charge in [0.25, 0.3) is 0 Å². The monoisotopic (exact) mass is 391 g/mol. The van der Waals surface area contributed by atoms with E-state index in [9.17, 15) is 4.79 Å². The third kappa shape index (κ3) is 10.9. The number of hydrogen-bond acceptors (Lipinski definition) is 4. The van der Waals surface area contributed by atoms with Crippen molar-refractivity contribution in [2.45, 2.75) is 61.4 Å². The van der Waals surface area contributed by atoms with E-state index >= 15 is 0 Å². The molecule has 0 aromatic heterocycles. The van der Waals surface area contributed by atoms with Crippen LogP contribution in [0.15, 0.2) is 24.3 Å². The number of nitrogens with zero attached hydrogens (tertiary/aromatic N) is 3. The van der Waals surface area contributed by atoms with E-state index in [0.29, 0.717) is 6.42 Å². The molecule has 0 atom stereocenters. The Balaban J connectivity index is 0.00000171. The number of likely N-dealkylation sites (N-methyl/N-ethyl adjacent to an activating group) is 2. The van der Waals surface area contributed by atoms with Crippen LogP contribution < -0.4 is 0 Å². The Hall–Kier alpha value is -1.23. The van der Waals surface area contributed by atoms with Crippen molar-refractivity contribution in [3.8, 4) is 0 Å². The van der Waals surface area contributed by atoms with Gasteiger partial charge in [0.2, 0.25) is 0 Å². The van der Waals surface area contributed by atoms with Gasteiger partial charge in [0.1, 0.15) is 5.78 Å². The molecular weight excluding hydrogens is 346 g/mol. The second kappa shape index (κ2) is 16.7. The highest BCUT2D eigenvalue weighted by atomic mass is 16.1. The van der Waals surface area contributed by atoms with Gasteiger partial charge in [-0.2, -0.15) is 0 Å². The Bertz CT molecular complexity index is 485. The van der Waals surface area contributed by atoms with Crippen LogP contribution in [0.25, 0.3) is 0 Å². The highest BCUT2D eigenvalue weighted by molar-refractivity contribution is 5.78. The fraction of sp³-hybridized carbons (Fsp3) is 0.708. The Morgan fingerprint density at radius 3 is 1.43 bits per heavy atom. The molecule has 0 N–H and O–H groups in total. The van der Waals surface area contributed by atoms with Crippen LogP contribution in [0.5, 0.6) is 0 Å². The predicted molar refractivity (Wildman–Crippen MR) is 123 cm³/mol. The molecule has 4 nitrogen and oxygen atoms in total. The second-order valence-electron chi connectivity index (χ2n) is 6.84. The number of ketones is 1. The molecule has 28 heavy (non-hydrogen) atoms. The van der Waals surface area contributed by atoms with Crippen LogP contribution in [0.2, 0.25) is 0 Å². The molecule has 1 aliphatic rings. The molecule has 0 aliphatic carbocycles. The maximum Gasteiger partial charge on any atom is 0.134 e. The van der Waals surface area contributed by atoms with Gasteiger partial charge in [0.15, 0.2) is 0 Å².